The van der Waals surface area contributed by atoms with Crippen molar-refractivity contribution in [3.8, 4) is 11.8 Å². The minimum Gasteiger partial charge on any atom is -0.496 e. The number of aryl methyl sites for hydroxylation is 1. The second kappa shape index (κ2) is 11.1. The normalized spacial score (nSPS) is 15.2. The van der Waals surface area contributed by atoms with Crippen molar-refractivity contribution in [2.24, 2.45) is 0 Å². The van der Waals surface area contributed by atoms with Gasteiger partial charge in [0.05, 0.1) is 36.2 Å². The van der Waals surface area contributed by atoms with Crippen LogP contribution in [0.4, 0.5) is 0 Å². The molecule has 2 aromatic carbocycles. The van der Waals surface area contributed by atoms with Crippen LogP contribution in [0.3, 0.4) is 0 Å². The van der Waals surface area contributed by atoms with Gasteiger partial charge in [-0.25, -0.2) is 4.79 Å². The van der Waals surface area contributed by atoms with Crippen molar-refractivity contribution in [2.75, 3.05) is 7.11 Å². The molecule has 33 heavy (non-hydrogen) atoms. The lowest BCUT2D eigenvalue weighted by molar-refractivity contribution is -0.140. The van der Waals surface area contributed by atoms with Gasteiger partial charge in [0.15, 0.2) is 0 Å². The highest BCUT2D eigenvalue weighted by molar-refractivity contribution is 5.91. The number of carbonyl (C=O) groups is 1. The van der Waals surface area contributed by atoms with E-state index in [1.165, 1.54) is 0 Å². The number of rotatable bonds is 9. The van der Waals surface area contributed by atoms with Crippen LogP contribution in [0, 0.1) is 18.3 Å². The molecule has 1 unspecified atom stereocenters. The number of methoxy groups -OCH3 is 1. The molecule has 0 aromatic heterocycles. The average Bonchev–Trinajstić information content (AvgIpc) is 2.82. The molecular formula is C27H29N3O3. The molecule has 1 aliphatic heterocycles. The molecule has 0 amide bonds. The van der Waals surface area contributed by atoms with Gasteiger partial charge in [0.2, 0.25) is 0 Å². The summed E-state index contributed by atoms with van der Waals surface area (Å²) in [5.74, 6) is 0.987. The third-order valence-electron chi connectivity index (χ3n) is 5.47. The van der Waals surface area contributed by atoms with Crippen LogP contribution >= 0.6 is 0 Å². The number of hydrogen-bond acceptors (Lipinski definition) is 6. The molecule has 1 atom stereocenters. The van der Waals surface area contributed by atoms with Crippen LogP contribution in [0.15, 0.2) is 78.8 Å². The molecule has 1 heterocycles. The quantitative estimate of drug-likeness (QED) is 0.325. The summed E-state index contributed by atoms with van der Waals surface area (Å²) >= 11 is 0. The number of carbonyl (C=O) groups excluding carboxylic acids is 1. The van der Waals surface area contributed by atoms with E-state index >= 15 is 0 Å². The molecule has 170 valence electrons. The maximum absolute atomic E-state index is 13.4. The Bertz CT molecular complexity index is 1130. The fourth-order valence-corrected chi connectivity index (χ4v) is 3.86. The van der Waals surface area contributed by atoms with Crippen LogP contribution in [0.5, 0.6) is 5.75 Å². The Balaban J connectivity index is 1.94. The summed E-state index contributed by atoms with van der Waals surface area (Å²) in [7, 11) is 1.63. The van der Waals surface area contributed by atoms with Crippen LogP contribution in [0.2, 0.25) is 0 Å². The van der Waals surface area contributed by atoms with Gasteiger partial charge in [-0.15, -0.1) is 6.58 Å². The molecule has 1 aliphatic rings. The second-order valence-corrected chi connectivity index (χ2v) is 7.87. The number of nitrogens with one attached hydrogen (secondary N) is 2. The van der Waals surface area contributed by atoms with Gasteiger partial charge in [-0.2, -0.15) is 5.26 Å². The van der Waals surface area contributed by atoms with E-state index in [0.29, 0.717) is 23.4 Å². The van der Waals surface area contributed by atoms with Crippen molar-refractivity contribution in [2.45, 2.75) is 38.8 Å². The molecule has 6 nitrogen and oxygen atoms in total. The first-order valence-electron chi connectivity index (χ1n) is 10.8. The Morgan fingerprint density at radius 3 is 2.79 bits per heavy atom. The van der Waals surface area contributed by atoms with Crippen LogP contribution < -0.4 is 15.4 Å². The number of nitrogens with zero attached hydrogens (tertiary/aromatic N) is 1. The van der Waals surface area contributed by atoms with Gasteiger partial charge in [0.25, 0.3) is 0 Å². The Morgan fingerprint density at radius 2 is 2.09 bits per heavy atom. The van der Waals surface area contributed by atoms with Crippen LogP contribution in [-0.4, -0.2) is 13.1 Å². The first-order chi connectivity index (χ1) is 16.0. The van der Waals surface area contributed by atoms with Gasteiger partial charge in [-0.1, -0.05) is 30.9 Å². The largest absolute Gasteiger partial charge is 0.496 e. The van der Waals surface area contributed by atoms with Gasteiger partial charge in [-0.05, 0) is 67.1 Å². The summed E-state index contributed by atoms with van der Waals surface area (Å²) < 4.78 is 11.1. The van der Waals surface area contributed by atoms with Gasteiger partial charge < -0.3 is 20.1 Å². The molecule has 0 saturated heterocycles. The summed E-state index contributed by atoms with van der Waals surface area (Å²) in [4.78, 5) is 13.4. The molecule has 2 N–H and O–H groups in total. The van der Waals surface area contributed by atoms with E-state index in [9.17, 15) is 4.79 Å². The van der Waals surface area contributed by atoms with Crippen molar-refractivity contribution in [1.82, 2.24) is 10.6 Å². The molecule has 0 spiro atoms. The summed E-state index contributed by atoms with van der Waals surface area (Å²) in [5, 5.41) is 15.6. The lowest BCUT2D eigenvalue weighted by Gasteiger charge is -2.32. The SMILES string of the molecule is C=CCCCC1=C(C(=O)OCc2cccc(C#N)c2)C(c2ccc(OC)c(C)c2)NC(=C)N1. The number of unbranched alkanes of at least 4 members (excludes halogenated alkanes) is 1. The molecular weight excluding hydrogens is 414 g/mol. The standard InChI is InChI=1S/C27H29N3O3/c1-5-6-7-11-23-25(27(31)33-17-21-10-8-9-20(15-21)16-28)26(30-19(3)29-23)22-12-13-24(32-4)18(2)14-22/h5,8-10,12-15,26,29-30H,1,3,6-7,11,17H2,2,4H3. The van der Waals surface area contributed by atoms with E-state index in [4.69, 9.17) is 14.7 Å². The Kier molecular flexibility index (Phi) is 7.93. The highest BCUT2D eigenvalue weighted by atomic mass is 16.5. The topological polar surface area (TPSA) is 83.4 Å². The summed E-state index contributed by atoms with van der Waals surface area (Å²) in [6, 6.07) is 14.6. The smallest absolute Gasteiger partial charge is 0.338 e. The summed E-state index contributed by atoms with van der Waals surface area (Å²) in [6.45, 7) is 9.87. The minimum atomic E-state index is -0.420. The number of ether oxygens (including phenoxy) is 2. The predicted octanol–water partition coefficient (Wildman–Crippen LogP) is 4.93. The van der Waals surface area contributed by atoms with E-state index in [1.54, 1.807) is 25.3 Å². The van der Waals surface area contributed by atoms with Crippen molar-refractivity contribution in [3.05, 3.63) is 101 Å². The highest BCUT2D eigenvalue weighted by Crippen LogP contribution is 2.33. The van der Waals surface area contributed by atoms with Crippen molar-refractivity contribution >= 4 is 5.97 Å². The van der Waals surface area contributed by atoms with E-state index in [-0.39, 0.29) is 6.61 Å². The summed E-state index contributed by atoms with van der Waals surface area (Å²) in [6.07, 6.45) is 4.20. The Labute approximate surface area is 195 Å². The first-order valence-corrected chi connectivity index (χ1v) is 10.8. The molecule has 0 radical (unpaired) electrons. The zero-order valence-electron chi connectivity index (χ0n) is 19.1. The monoisotopic (exact) mass is 443 g/mol. The maximum atomic E-state index is 13.4. The lowest BCUT2D eigenvalue weighted by atomic mass is 9.92. The number of allylic oxidation sites excluding steroid dienone is 2. The second-order valence-electron chi connectivity index (χ2n) is 7.87. The molecule has 2 aromatic rings. The summed E-state index contributed by atoms with van der Waals surface area (Å²) in [5.41, 5.74) is 4.47. The molecule has 0 bridgehead atoms. The third kappa shape index (κ3) is 5.83. The van der Waals surface area contributed by atoms with Gasteiger partial charge in [0.1, 0.15) is 12.4 Å². The fraction of sp³-hybridized carbons (Fsp3) is 0.259. The van der Waals surface area contributed by atoms with Crippen molar-refractivity contribution < 1.29 is 14.3 Å². The number of benzene rings is 2. The molecule has 0 aliphatic carbocycles. The fourth-order valence-electron chi connectivity index (χ4n) is 3.86. The number of esters is 1. The van der Waals surface area contributed by atoms with Gasteiger partial charge in [0, 0.05) is 5.70 Å². The molecule has 3 rings (SSSR count). The average molecular weight is 444 g/mol. The zero-order valence-corrected chi connectivity index (χ0v) is 19.1. The van der Waals surface area contributed by atoms with Gasteiger partial charge >= 0.3 is 5.97 Å². The lowest BCUT2D eigenvalue weighted by Crippen LogP contribution is -2.39. The minimum absolute atomic E-state index is 0.0765. The van der Waals surface area contributed by atoms with Crippen molar-refractivity contribution in [3.63, 3.8) is 0 Å². The Morgan fingerprint density at radius 1 is 1.27 bits per heavy atom. The first kappa shape index (κ1) is 23.7. The molecule has 0 saturated carbocycles. The van der Waals surface area contributed by atoms with E-state index in [2.05, 4.69) is 29.9 Å². The van der Waals surface area contributed by atoms with Crippen LogP contribution in [-0.2, 0) is 16.1 Å². The number of nitriles is 1. The number of hydrogen-bond donors (Lipinski definition) is 2. The van der Waals surface area contributed by atoms with E-state index in [0.717, 1.165) is 41.0 Å². The molecule has 0 fully saturated rings. The maximum Gasteiger partial charge on any atom is 0.338 e. The Hall–Kier alpha value is -3.98. The molecule has 6 heteroatoms. The van der Waals surface area contributed by atoms with E-state index in [1.807, 2.05) is 37.3 Å². The van der Waals surface area contributed by atoms with Crippen LogP contribution in [0.25, 0.3) is 0 Å². The van der Waals surface area contributed by atoms with Crippen LogP contribution in [0.1, 0.15) is 47.6 Å². The predicted molar refractivity (Wildman–Crippen MR) is 128 cm³/mol. The third-order valence-corrected chi connectivity index (χ3v) is 5.47. The zero-order chi connectivity index (χ0) is 23.8. The van der Waals surface area contributed by atoms with E-state index < -0.39 is 12.0 Å². The van der Waals surface area contributed by atoms with Gasteiger partial charge in [-0.3, -0.25) is 0 Å². The highest BCUT2D eigenvalue weighted by Gasteiger charge is 2.32. The van der Waals surface area contributed by atoms with Crippen molar-refractivity contribution in [1.29, 1.82) is 5.26 Å².